The number of aryl methyl sites for hydroxylation is 1. The molecule has 3 aromatic rings. The summed E-state index contributed by atoms with van der Waals surface area (Å²) < 4.78 is 13.4. The molecular formula is C21H25FN3OS+. The van der Waals surface area contributed by atoms with E-state index in [1.165, 1.54) is 16.5 Å². The highest BCUT2D eigenvalue weighted by Crippen LogP contribution is 2.35. The average Bonchev–Trinajstić information content (AvgIpc) is 2.98. The Kier molecular flexibility index (Phi) is 4.86. The fourth-order valence-electron chi connectivity index (χ4n) is 3.93. The zero-order valence-corrected chi connectivity index (χ0v) is 16.8. The number of benzene rings is 1. The summed E-state index contributed by atoms with van der Waals surface area (Å²) in [5.74, 6) is 1.15. The lowest BCUT2D eigenvalue weighted by Gasteiger charge is -2.21. The van der Waals surface area contributed by atoms with Crippen molar-refractivity contribution in [2.45, 2.75) is 45.7 Å². The zero-order valence-electron chi connectivity index (χ0n) is 15.9. The molecule has 1 aliphatic rings. The lowest BCUT2D eigenvalue weighted by Crippen LogP contribution is -3.07. The molecule has 0 saturated heterocycles. The van der Waals surface area contributed by atoms with E-state index in [1.807, 2.05) is 20.0 Å². The number of nitrogens with one attached hydrogen (secondary N) is 2. The normalized spacial score (nSPS) is 19.0. The second-order valence-corrected chi connectivity index (χ2v) is 8.94. The first kappa shape index (κ1) is 18.3. The van der Waals surface area contributed by atoms with E-state index in [1.54, 1.807) is 23.5 Å². The summed E-state index contributed by atoms with van der Waals surface area (Å²) in [5.41, 5.74) is 2.12. The van der Waals surface area contributed by atoms with Crippen molar-refractivity contribution in [1.29, 1.82) is 0 Å². The lowest BCUT2D eigenvalue weighted by molar-refractivity contribution is -0.924. The maximum Gasteiger partial charge on any atom is 0.260 e. The maximum absolute atomic E-state index is 13.4. The van der Waals surface area contributed by atoms with Gasteiger partial charge in [0, 0.05) is 10.4 Å². The summed E-state index contributed by atoms with van der Waals surface area (Å²) in [4.78, 5) is 24.0. The molecule has 6 heteroatoms. The lowest BCUT2D eigenvalue weighted by atomic mass is 9.89. The van der Waals surface area contributed by atoms with Crippen molar-refractivity contribution in [3.05, 3.63) is 62.3 Å². The Labute approximate surface area is 162 Å². The summed E-state index contributed by atoms with van der Waals surface area (Å²) >= 11 is 1.68. The highest BCUT2D eigenvalue weighted by molar-refractivity contribution is 7.18. The smallest absolute Gasteiger partial charge is 0.260 e. The number of fused-ring (bicyclic) bond motifs is 3. The number of quaternary nitrogens is 1. The molecule has 142 valence electrons. The number of hydrogen-bond donors (Lipinski definition) is 2. The van der Waals surface area contributed by atoms with Crippen LogP contribution >= 0.6 is 11.3 Å². The van der Waals surface area contributed by atoms with Crippen LogP contribution in [0.5, 0.6) is 0 Å². The van der Waals surface area contributed by atoms with Crippen LogP contribution in [0.25, 0.3) is 10.2 Å². The van der Waals surface area contributed by atoms with Gasteiger partial charge in [-0.15, -0.1) is 11.3 Å². The first-order valence-electron chi connectivity index (χ1n) is 9.53. The Bertz CT molecular complexity index is 1040. The molecule has 3 atom stereocenters. The number of aromatic nitrogens is 2. The molecule has 0 saturated carbocycles. The molecule has 1 aromatic carbocycles. The molecule has 27 heavy (non-hydrogen) atoms. The molecule has 0 fully saturated rings. The third-order valence-electron chi connectivity index (χ3n) is 5.71. The van der Waals surface area contributed by atoms with Crippen molar-refractivity contribution in [2.75, 3.05) is 7.05 Å². The second-order valence-electron chi connectivity index (χ2n) is 7.86. The minimum atomic E-state index is -0.223. The van der Waals surface area contributed by atoms with Crippen molar-refractivity contribution in [3.8, 4) is 0 Å². The van der Waals surface area contributed by atoms with E-state index in [-0.39, 0.29) is 17.4 Å². The highest BCUT2D eigenvalue weighted by Gasteiger charge is 2.25. The molecular weight excluding hydrogens is 361 g/mol. The SMILES string of the molecule is C[C@@H]1CCc2c(sc3nc([C@H](C)[NH+](C)Cc4cccc(F)c4)[nH]c(=O)c23)C1. The standard InChI is InChI=1S/C21H24FN3OS/c1-12-7-8-16-17(9-12)27-21-18(16)20(26)23-19(24-21)13(2)25(3)11-14-5-4-6-15(22)10-14/h4-6,10,12-13H,7-9,11H2,1-3H3,(H,23,24,26)/p+1/t12-,13+/m1/s1. The topological polar surface area (TPSA) is 50.2 Å². The van der Waals surface area contributed by atoms with Gasteiger partial charge in [0.1, 0.15) is 23.2 Å². The maximum atomic E-state index is 13.4. The predicted octanol–water partition coefficient (Wildman–Crippen LogP) is 3.02. The van der Waals surface area contributed by atoms with Crippen molar-refractivity contribution >= 4 is 21.6 Å². The fraction of sp³-hybridized carbons (Fsp3) is 0.429. The van der Waals surface area contributed by atoms with Crippen molar-refractivity contribution in [1.82, 2.24) is 9.97 Å². The van der Waals surface area contributed by atoms with Gasteiger partial charge in [-0.25, -0.2) is 9.37 Å². The number of nitrogens with zero attached hydrogens (tertiary/aromatic N) is 1. The Hall–Kier alpha value is -2.05. The highest BCUT2D eigenvalue weighted by atomic mass is 32.1. The van der Waals surface area contributed by atoms with Gasteiger partial charge in [0.25, 0.3) is 5.56 Å². The van der Waals surface area contributed by atoms with Crippen LogP contribution in [0, 0.1) is 11.7 Å². The summed E-state index contributed by atoms with van der Waals surface area (Å²) in [7, 11) is 2.04. The van der Waals surface area contributed by atoms with Crippen LogP contribution in [0.2, 0.25) is 0 Å². The number of thiophene rings is 1. The summed E-state index contributed by atoms with van der Waals surface area (Å²) in [5, 5.41) is 0.792. The van der Waals surface area contributed by atoms with Crippen LogP contribution in [0.4, 0.5) is 4.39 Å². The third-order valence-corrected chi connectivity index (χ3v) is 6.85. The second kappa shape index (κ2) is 7.17. The number of aromatic amines is 1. The monoisotopic (exact) mass is 386 g/mol. The minimum absolute atomic E-state index is 0.00317. The molecule has 2 aromatic heterocycles. The van der Waals surface area contributed by atoms with Crippen LogP contribution in [0.1, 0.15) is 48.1 Å². The molecule has 0 bridgehead atoms. The Morgan fingerprint density at radius 1 is 1.44 bits per heavy atom. The van der Waals surface area contributed by atoms with Gasteiger partial charge in [0.05, 0.1) is 12.4 Å². The first-order chi connectivity index (χ1) is 12.9. The van der Waals surface area contributed by atoms with E-state index in [4.69, 9.17) is 4.98 Å². The van der Waals surface area contributed by atoms with Crippen LogP contribution in [0.3, 0.4) is 0 Å². The first-order valence-corrected chi connectivity index (χ1v) is 10.3. The van der Waals surface area contributed by atoms with Crippen LogP contribution in [-0.4, -0.2) is 17.0 Å². The van der Waals surface area contributed by atoms with E-state index < -0.39 is 0 Å². The van der Waals surface area contributed by atoms with Crippen LogP contribution in [0.15, 0.2) is 29.1 Å². The Morgan fingerprint density at radius 3 is 3.04 bits per heavy atom. The minimum Gasteiger partial charge on any atom is -0.325 e. The quantitative estimate of drug-likeness (QED) is 0.724. The number of halogens is 1. The van der Waals surface area contributed by atoms with Gasteiger partial charge < -0.3 is 9.88 Å². The van der Waals surface area contributed by atoms with Gasteiger partial charge in [-0.2, -0.15) is 0 Å². The third kappa shape index (κ3) is 3.56. The van der Waals surface area contributed by atoms with Gasteiger partial charge in [-0.05, 0) is 49.8 Å². The van der Waals surface area contributed by atoms with Crippen molar-refractivity contribution in [2.24, 2.45) is 5.92 Å². The van der Waals surface area contributed by atoms with Crippen LogP contribution in [-0.2, 0) is 19.4 Å². The van der Waals surface area contributed by atoms with Crippen LogP contribution < -0.4 is 10.5 Å². The molecule has 4 rings (SSSR count). The molecule has 4 nitrogen and oxygen atoms in total. The number of hydrogen-bond acceptors (Lipinski definition) is 3. The van der Waals surface area contributed by atoms with E-state index in [0.717, 1.165) is 39.9 Å². The fourth-order valence-corrected chi connectivity index (χ4v) is 5.32. The van der Waals surface area contributed by atoms with Gasteiger partial charge >= 0.3 is 0 Å². The molecule has 1 aliphatic carbocycles. The number of H-pyrrole nitrogens is 1. The molecule has 0 aliphatic heterocycles. The zero-order chi connectivity index (χ0) is 19.1. The van der Waals surface area contributed by atoms with E-state index in [0.29, 0.717) is 18.3 Å². The molecule has 0 amide bonds. The summed E-state index contributed by atoms with van der Waals surface area (Å²) in [6.45, 7) is 4.98. The molecule has 2 heterocycles. The summed E-state index contributed by atoms with van der Waals surface area (Å²) in [6.07, 6.45) is 3.16. The molecule has 0 spiro atoms. The Morgan fingerprint density at radius 2 is 2.26 bits per heavy atom. The largest absolute Gasteiger partial charge is 0.325 e. The Balaban J connectivity index is 1.64. The van der Waals surface area contributed by atoms with Gasteiger partial charge in [0.2, 0.25) is 0 Å². The van der Waals surface area contributed by atoms with Gasteiger partial charge in [-0.3, -0.25) is 4.79 Å². The molecule has 0 radical (unpaired) electrons. The van der Waals surface area contributed by atoms with E-state index in [9.17, 15) is 9.18 Å². The summed E-state index contributed by atoms with van der Waals surface area (Å²) in [6, 6.07) is 6.67. The van der Waals surface area contributed by atoms with Gasteiger partial charge in [0.15, 0.2) is 5.82 Å². The van der Waals surface area contributed by atoms with Gasteiger partial charge in [-0.1, -0.05) is 19.1 Å². The predicted molar refractivity (Wildman–Crippen MR) is 107 cm³/mol. The molecule has 2 N–H and O–H groups in total. The van der Waals surface area contributed by atoms with Crippen molar-refractivity contribution in [3.63, 3.8) is 0 Å². The number of rotatable bonds is 4. The van der Waals surface area contributed by atoms with E-state index in [2.05, 4.69) is 11.9 Å². The molecule has 1 unspecified atom stereocenters. The average molecular weight is 387 g/mol. The van der Waals surface area contributed by atoms with Crippen molar-refractivity contribution < 1.29 is 9.29 Å². The van der Waals surface area contributed by atoms with E-state index >= 15 is 0 Å².